The molecule has 1 amide bonds. The monoisotopic (exact) mass is 331 g/mol. The second kappa shape index (κ2) is 7.25. The van der Waals surface area contributed by atoms with Crippen LogP contribution in [0.4, 0.5) is 0 Å². The summed E-state index contributed by atoms with van der Waals surface area (Å²) in [6.45, 7) is 3.51. The van der Waals surface area contributed by atoms with E-state index in [9.17, 15) is 4.79 Å². The van der Waals surface area contributed by atoms with Crippen LogP contribution in [0.5, 0.6) is 0 Å². The quantitative estimate of drug-likeness (QED) is 0.789. The van der Waals surface area contributed by atoms with E-state index in [0.717, 1.165) is 28.6 Å². The van der Waals surface area contributed by atoms with Gasteiger partial charge in [0, 0.05) is 23.1 Å². The van der Waals surface area contributed by atoms with Gasteiger partial charge in [0.2, 0.25) is 0 Å². The molecule has 0 heterocycles. The van der Waals surface area contributed by atoms with Crippen LogP contribution in [0.1, 0.15) is 29.3 Å². The zero-order valence-corrected chi connectivity index (χ0v) is 13.1. The van der Waals surface area contributed by atoms with Crippen molar-refractivity contribution in [3.8, 4) is 0 Å². The van der Waals surface area contributed by atoms with Gasteiger partial charge in [-0.2, -0.15) is 0 Å². The lowest BCUT2D eigenvalue weighted by molar-refractivity contribution is 0.0743. The second-order valence-corrected chi connectivity index (χ2v) is 5.64. The van der Waals surface area contributed by atoms with Crippen molar-refractivity contribution in [2.75, 3.05) is 6.54 Å². The number of carbonyl (C=O) groups excluding carboxylic acids is 1. The van der Waals surface area contributed by atoms with Crippen molar-refractivity contribution in [3.63, 3.8) is 0 Å². The van der Waals surface area contributed by atoms with Crippen LogP contribution in [0.2, 0.25) is 0 Å². The van der Waals surface area contributed by atoms with Crippen molar-refractivity contribution in [1.82, 2.24) is 4.90 Å². The number of hydrogen-bond donors (Lipinski definition) is 0. The SMILES string of the molecule is CCCN(Cc1ccccc1)C(=O)c1cccc(Br)c1. The lowest BCUT2D eigenvalue weighted by Crippen LogP contribution is -2.31. The summed E-state index contributed by atoms with van der Waals surface area (Å²) in [6.07, 6.45) is 0.951. The van der Waals surface area contributed by atoms with E-state index >= 15 is 0 Å². The molecular weight excluding hydrogens is 314 g/mol. The topological polar surface area (TPSA) is 20.3 Å². The van der Waals surface area contributed by atoms with Crippen LogP contribution in [0.25, 0.3) is 0 Å². The highest BCUT2D eigenvalue weighted by Crippen LogP contribution is 2.15. The van der Waals surface area contributed by atoms with Crippen molar-refractivity contribution >= 4 is 21.8 Å². The van der Waals surface area contributed by atoms with Gasteiger partial charge in [-0.25, -0.2) is 0 Å². The summed E-state index contributed by atoms with van der Waals surface area (Å²) in [5.74, 6) is 0.0806. The molecule has 0 saturated heterocycles. The minimum atomic E-state index is 0.0806. The van der Waals surface area contributed by atoms with Gasteiger partial charge in [-0.3, -0.25) is 4.79 Å². The molecule has 104 valence electrons. The molecule has 0 N–H and O–H groups in total. The van der Waals surface area contributed by atoms with E-state index in [2.05, 4.69) is 35.0 Å². The summed E-state index contributed by atoms with van der Waals surface area (Å²) in [7, 11) is 0. The van der Waals surface area contributed by atoms with Gasteiger partial charge in [0.1, 0.15) is 0 Å². The molecule has 0 aliphatic heterocycles. The fourth-order valence-electron chi connectivity index (χ4n) is 2.13. The van der Waals surface area contributed by atoms with Gasteiger partial charge in [-0.1, -0.05) is 59.3 Å². The molecule has 0 fully saturated rings. The van der Waals surface area contributed by atoms with Gasteiger partial charge in [0.15, 0.2) is 0 Å². The van der Waals surface area contributed by atoms with Crippen LogP contribution in [-0.4, -0.2) is 17.4 Å². The Kier molecular flexibility index (Phi) is 5.36. The van der Waals surface area contributed by atoms with Crippen molar-refractivity contribution < 1.29 is 4.79 Å². The molecule has 2 aromatic carbocycles. The molecule has 0 aliphatic rings. The lowest BCUT2D eigenvalue weighted by Gasteiger charge is -2.22. The zero-order chi connectivity index (χ0) is 14.4. The molecule has 0 aliphatic carbocycles. The molecule has 2 nitrogen and oxygen atoms in total. The molecule has 0 bridgehead atoms. The van der Waals surface area contributed by atoms with Gasteiger partial charge in [-0.15, -0.1) is 0 Å². The number of rotatable bonds is 5. The smallest absolute Gasteiger partial charge is 0.254 e. The van der Waals surface area contributed by atoms with E-state index in [-0.39, 0.29) is 5.91 Å². The third-order valence-corrected chi connectivity index (χ3v) is 3.56. The Labute approximate surface area is 128 Å². The second-order valence-electron chi connectivity index (χ2n) is 4.72. The molecule has 0 aromatic heterocycles. The maximum atomic E-state index is 12.6. The number of nitrogens with zero attached hydrogens (tertiary/aromatic N) is 1. The predicted molar refractivity (Wildman–Crippen MR) is 85.6 cm³/mol. The first-order chi connectivity index (χ1) is 9.70. The van der Waals surface area contributed by atoms with Crippen molar-refractivity contribution in [3.05, 3.63) is 70.2 Å². The first kappa shape index (κ1) is 14.8. The van der Waals surface area contributed by atoms with E-state index in [1.54, 1.807) is 0 Å². The number of carbonyl (C=O) groups is 1. The third kappa shape index (κ3) is 3.94. The Bertz CT molecular complexity index is 568. The molecule has 20 heavy (non-hydrogen) atoms. The minimum absolute atomic E-state index is 0.0806. The summed E-state index contributed by atoms with van der Waals surface area (Å²) >= 11 is 3.41. The standard InChI is InChI=1S/C17H18BrNO/c1-2-11-19(13-14-7-4-3-5-8-14)17(20)15-9-6-10-16(18)12-15/h3-10,12H,2,11,13H2,1H3. The molecular formula is C17H18BrNO. The van der Waals surface area contributed by atoms with Crippen LogP contribution >= 0.6 is 15.9 Å². The predicted octanol–water partition coefficient (Wildman–Crippen LogP) is 4.50. The van der Waals surface area contributed by atoms with Crippen LogP contribution in [-0.2, 0) is 6.54 Å². The molecule has 0 saturated carbocycles. The Morgan fingerprint density at radius 2 is 1.85 bits per heavy atom. The van der Waals surface area contributed by atoms with Gasteiger partial charge in [0.25, 0.3) is 5.91 Å². The summed E-state index contributed by atoms with van der Waals surface area (Å²) in [6, 6.07) is 17.7. The van der Waals surface area contributed by atoms with Gasteiger partial charge in [0.05, 0.1) is 0 Å². The number of hydrogen-bond acceptors (Lipinski definition) is 1. The lowest BCUT2D eigenvalue weighted by atomic mass is 10.1. The molecule has 2 aromatic rings. The molecule has 2 rings (SSSR count). The highest BCUT2D eigenvalue weighted by atomic mass is 79.9. The zero-order valence-electron chi connectivity index (χ0n) is 11.6. The van der Waals surface area contributed by atoms with E-state index in [1.165, 1.54) is 0 Å². The van der Waals surface area contributed by atoms with E-state index < -0.39 is 0 Å². The highest BCUT2D eigenvalue weighted by Gasteiger charge is 2.15. The van der Waals surface area contributed by atoms with Gasteiger partial charge < -0.3 is 4.90 Å². The summed E-state index contributed by atoms with van der Waals surface area (Å²) in [5.41, 5.74) is 1.88. The number of amides is 1. The first-order valence-corrected chi connectivity index (χ1v) is 7.58. The first-order valence-electron chi connectivity index (χ1n) is 6.79. The van der Waals surface area contributed by atoms with Crippen molar-refractivity contribution in [1.29, 1.82) is 0 Å². The largest absolute Gasteiger partial charge is 0.334 e. The third-order valence-electron chi connectivity index (χ3n) is 3.07. The van der Waals surface area contributed by atoms with Crippen molar-refractivity contribution in [2.45, 2.75) is 19.9 Å². The maximum Gasteiger partial charge on any atom is 0.254 e. The van der Waals surface area contributed by atoms with E-state index in [0.29, 0.717) is 6.54 Å². The van der Waals surface area contributed by atoms with E-state index in [1.807, 2.05) is 47.4 Å². The highest BCUT2D eigenvalue weighted by molar-refractivity contribution is 9.10. The normalized spacial score (nSPS) is 10.3. The fourth-order valence-corrected chi connectivity index (χ4v) is 2.53. The van der Waals surface area contributed by atoms with Crippen LogP contribution in [0, 0.1) is 0 Å². The van der Waals surface area contributed by atoms with Crippen LogP contribution < -0.4 is 0 Å². The van der Waals surface area contributed by atoms with Gasteiger partial charge >= 0.3 is 0 Å². The molecule has 0 radical (unpaired) electrons. The summed E-state index contributed by atoms with van der Waals surface area (Å²) in [4.78, 5) is 14.5. The molecule has 3 heteroatoms. The fraction of sp³-hybridized carbons (Fsp3) is 0.235. The molecule has 0 unspecified atom stereocenters. The Balaban J connectivity index is 2.18. The summed E-state index contributed by atoms with van der Waals surface area (Å²) < 4.78 is 0.930. The number of benzene rings is 2. The van der Waals surface area contributed by atoms with Gasteiger partial charge in [-0.05, 0) is 30.2 Å². The average molecular weight is 332 g/mol. The number of halogens is 1. The Hall–Kier alpha value is -1.61. The molecule has 0 spiro atoms. The maximum absolute atomic E-state index is 12.6. The average Bonchev–Trinajstić information content (AvgIpc) is 2.47. The van der Waals surface area contributed by atoms with Crippen LogP contribution in [0.3, 0.4) is 0 Å². The minimum Gasteiger partial charge on any atom is -0.334 e. The van der Waals surface area contributed by atoms with Crippen LogP contribution in [0.15, 0.2) is 59.1 Å². The van der Waals surface area contributed by atoms with E-state index in [4.69, 9.17) is 0 Å². The van der Waals surface area contributed by atoms with Crippen molar-refractivity contribution in [2.24, 2.45) is 0 Å². The Morgan fingerprint density at radius 3 is 2.50 bits per heavy atom. The molecule has 0 atom stereocenters. The Morgan fingerprint density at radius 1 is 1.10 bits per heavy atom. The summed E-state index contributed by atoms with van der Waals surface area (Å²) in [5, 5.41) is 0.